The van der Waals surface area contributed by atoms with Gasteiger partial charge in [-0.1, -0.05) is 11.6 Å². The average molecular weight is 351 g/mol. The molecule has 0 unspecified atom stereocenters. The number of anilines is 2. The molecule has 1 heterocycles. The number of aromatic nitrogens is 1. The molecule has 0 aliphatic heterocycles. The quantitative estimate of drug-likeness (QED) is 0.724. The molecule has 3 aromatic rings. The number of pyridine rings is 1. The average Bonchev–Trinajstić information content (AvgIpc) is 2.58. The van der Waals surface area contributed by atoms with E-state index in [0.717, 1.165) is 12.3 Å². The molecule has 0 spiro atoms. The van der Waals surface area contributed by atoms with Crippen molar-refractivity contribution in [3.05, 3.63) is 53.2 Å². The van der Waals surface area contributed by atoms with Crippen molar-refractivity contribution in [2.45, 2.75) is 0 Å². The first-order valence-electron chi connectivity index (χ1n) is 6.95. The molecule has 3 rings (SSSR count). The molecule has 0 fully saturated rings. The van der Waals surface area contributed by atoms with Gasteiger partial charge in [-0.15, -0.1) is 0 Å². The zero-order valence-electron chi connectivity index (χ0n) is 12.9. The van der Waals surface area contributed by atoms with Gasteiger partial charge in [0.1, 0.15) is 5.82 Å². The zero-order valence-corrected chi connectivity index (χ0v) is 13.6. The van der Waals surface area contributed by atoms with Crippen molar-refractivity contribution in [1.82, 2.24) is 4.98 Å². The maximum Gasteiger partial charge on any atom is 0.165 e. The maximum absolute atomic E-state index is 14.3. The van der Waals surface area contributed by atoms with Crippen molar-refractivity contribution in [2.24, 2.45) is 0 Å². The molecule has 124 valence electrons. The lowest BCUT2D eigenvalue weighted by Crippen LogP contribution is -2.00. The van der Waals surface area contributed by atoms with Gasteiger partial charge in [0.2, 0.25) is 0 Å². The number of fused-ring (bicyclic) bond motifs is 1. The fourth-order valence-corrected chi connectivity index (χ4v) is 2.51. The molecule has 0 radical (unpaired) electrons. The second-order valence-corrected chi connectivity index (χ2v) is 5.39. The highest BCUT2D eigenvalue weighted by Crippen LogP contribution is 2.37. The number of rotatable bonds is 4. The first kappa shape index (κ1) is 16.3. The van der Waals surface area contributed by atoms with E-state index in [0.29, 0.717) is 22.4 Å². The van der Waals surface area contributed by atoms with Crippen molar-refractivity contribution in [3.8, 4) is 11.5 Å². The van der Waals surface area contributed by atoms with E-state index in [2.05, 4.69) is 10.3 Å². The van der Waals surface area contributed by atoms with Crippen molar-refractivity contribution in [3.63, 3.8) is 0 Å². The lowest BCUT2D eigenvalue weighted by Gasteiger charge is -2.14. The van der Waals surface area contributed by atoms with Gasteiger partial charge in [0, 0.05) is 16.5 Å². The summed E-state index contributed by atoms with van der Waals surface area (Å²) in [5.41, 5.74) is 0.661. The van der Waals surface area contributed by atoms with Gasteiger partial charge in [0.15, 0.2) is 17.3 Å². The van der Waals surface area contributed by atoms with Crippen molar-refractivity contribution >= 4 is 33.9 Å². The molecule has 0 saturated heterocycles. The summed E-state index contributed by atoms with van der Waals surface area (Å²) in [6.07, 6.45) is 1.06. The van der Waals surface area contributed by atoms with Crippen LogP contribution in [0, 0.1) is 11.6 Å². The summed E-state index contributed by atoms with van der Waals surface area (Å²) < 4.78 is 38.7. The van der Waals surface area contributed by atoms with Crippen LogP contribution in [0.1, 0.15) is 0 Å². The van der Waals surface area contributed by atoms with E-state index in [1.165, 1.54) is 26.4 Å². The second-order valence-electron chi connectivity index (χ2n) is 4.95. The SMILES string of the molecule is COc1cc2ncc(F)c(Nc3ccc(Cl)cc3F)c2cc1OC. The van der Waals surface area contributed by atoms with Crippen LogP contribution in [0.3, 0.4) is 0 Å². The maximum atomic E-state index is 14.3. The normalized spacial score (nSPS) is 10.7. The first-order chi connectivity index (χ1) is 11.5. The number of nitrogens with one attached hydrogen (secondary N) is 1. The zero-order chi connectivity index (χ0) is 17.3. The van der Waals surface area contributed by atoms with Gasteiger partial charge >= 0.3 is 0 Å². The van der Waals surface area contributed by atoms with Crippen LogP contribution >= 0.6 is 11.6 Å². The van der Waals surface area contributed by atoms with E-state index in [4.69, 9.17) is 21.1 Å². The number of hydrogen-bond donors (Lipinski definition) is 1. The van der Waals surface area contributed by atoms with Crippen molar-refractivity contribution in [1.29, 1.82) is 0 Å². The van der Waals surface area contributed by atoms with Crippen LogP contribution in [0.5, 0.6) is 11.5 Å². The molecule has 0 bridgehead atoms. The van der Waals surface area contributed by atoms with Gasteiger partial charge in [-0.05, 0) is 24.3 Å². The predicted molar refractivity (Wildman–Crippen MR) is 89.5 cm³/mol. The first-order valence-corrected chi connectivity index (χ1v) is 7.33. The molecule has 0 aliphatic rings. The van der Waals surface area contributed by atoms with E-state index in [9.17, 15) is 8.78 Å². The summed E-state index contributed by atoms with van der Waals surface area (Å²) in [7, 11) is 2.97. The molecule has 1 N–H and O–H groups in total. The minimum atomic E-state index is -0.621. The van der Waals surface area contributed by atoms with Gasteiger partial charge < -0.3 is 14.8 Å². The largest absolute Gasteiger partial charge is 0.493 e. The van der Waals surface area contributed by atoms with Crippen molar-refractivity contribution in [2.75, 3.05) is 19.5 Å². The van der Waals surface area contributed by atoms with Crippen LogP contribution in [0.25, 0.3) is 10.9 Å². The van der Waals surface area contributed by atoms with Crippen LogP contribution in [0.2, 0.25) is 5.02 Å². The fraction of sp³-hybridized carbons (Fsp3) is 0.118. The third kappa shape index (κ3) is 2.92. The Labute approximate surface area is 142 Å². The number of hydrogen-bond acceptors (Lipinski definition) is 4. The molecule has 1 aromatic heterocycles. The molecule has 24 heavy (non-hydrogen) atoms. The van der Waals surface area contributed by atoms with Crippen LogP contribution in [-0.2, 0) is 0 Å². The predicted octanol–water partition coefficient (Wildman–Crippen LogP) is 4.93. The minimum Gasteiger partial charge on any atom is -0.493 e. The number of methoxy groups -OCH3 is 2. The van der Waals surface area contributed by atoms with E-state index in [-0.39, 0.29) is 16.4 Å². The van der Waals surface area contributed by atoms with E-state index < -0.39 is 11.6 Å². The smallest absolute Gasteiger partial charge is 0.165 e. The standard InChI is InChI=1S/C17H13ClF2N2O2/c1-23-15-6-10-14(7-16(15)24-2)21-8-12(20)17(10)22-13-4-3-9(18)5-11(13)19/h3-8H,1-2H3,(H,21,22). The molecule has 2 aromatic carbocycles. The molecule has 0 saturated carbocycles. The molecular weight excluding hydrogens is 338 g/mol. The van der Waals surface area contributed by atoms with Gasteiger partial charge in [-0.3, -0.25) is 4.98 Å². The van der Waals surface area contributed by atoms with E-state index >= 15 is 0 Å². The molecular formula is C17H13ClF2N2O2. The Hall–Kier alpha value is -2.60. The van der Waals surface area contributed by atoms with Crippen LogP contribution in [-0.4, -0.2) is 19.2 Å². The summed E-state index contributed by atoms with van der Waals surface area (Å²) in [6.45, 7) is 0. The lowest BCUT2D eigenvalue weighted by molar-refractivity contribution is 0.356. The number of nitrogens with zero attached hydrogens (tertiary/aromatic N) is 1. The highest BCUT2D eigenvalue weighted by Gasteiger charge is 2.15. The lowest BCUT2D eigenvalue weighted by atomic mass is 10.1. The molecule has 7 heteroatoms. The third-order valence-corrected chi connectivity index (χ3v) is 3.75. The second kappa shape index (κ2) is 6.49. The Kier molecular flexibility index (Phi) is 4.40. The van der Waals surface area contributed by atoms with Gasteiger partial charge in [0.25, 0.3) is 0 Å². The minimum absolute atomic E-state index is 0.0853. The Bertz CT molecular complexity index is 919. The number of halogens is 3. The summed E-state index contributed by atoms with van der Waals surface area (Å²) in [6, 6.07) is 7.30. The van der Waals surface area contributed by atoms with Gasteiger partial charge in [0.05, 0.1) is 37.3 Å². The fourth-order valence-electron chi connectivity index (χ4n) is 2.35. The highest BCUT2D eigenvalue weighted by atomic mass is 35.5. The van der Waals surface area contributed by atoms with Crippen LogP contribution < -0.4 is 14.8 Å². The van der Waals surface area contributed by atoms with Gasteiger partial charge in [-0.2, -0.15) is 0 Å². The highest BCUT2D eigenvalue weighted by molar-refractivity contribution is 6.30. The van der Waals surface area contributed by atoms with E-state index in [1.54, 1.807) is 12.1 Å². The van der Waals surface area contributed by atoms with E-state index in [1.807, 2.05) is 0 Å². The number of ether oxygens (including phenoxy) is 2. The molecule has 0 amide bonds. The Morgan fingerprint density at radius 1 is 1.00 bits per heavy atom. The van der Waals surface area contributed by atoms with Crippen LogP contribution in [0.4, 0.5) is 20.2 Å². The molecule has 4 nitrogen and oxygen atoms in total. The topological polar surface area (TPSA) is 43.4 Å². The third-order valence-electron chi connectivity index (χ3n) is 3.52. The summed E-state index contributed by atoms with van der Waals surface area (Å²) in [5, 5.41) is 3.44. The summed E-state index contributed by atoms with van der Waals surface area (Å²) >= 11 is 5.74. The molecule has 0 aliphatic carbocycles. The monoisotopic (exact) mass is 350 g/mol. The Morgan fingerprint density at radius 2 is 1.71 bits per heavy atom. The Balaban J connectivity index is 2.17. The Morgan fingerprint density at radius 3 is 2.38 bits per heavy atom. The summed E-state index contributed by atoms with van der Waals surface area (Å²) in [5.74, 6) is -0.332. The molecule has 0 atom stereocenters. The van der Waals surface area contributed by atoms with Crippen LogP contribution in [0.15, 0.2) is 36.5 Å². The van der Waals surface area contributed by atoms with Crippen molar-refractivity contribution < 1.29 is 18.3 Å². The number of benzene rings is 2. The van der Waals surface area contributed by atoms with Gasteiger partial charge in [-0.25, -0.2) is 8.78 Å². The summed E-state index contributed by atoms with van der Waals surface area (Å²) in [4.78, 5) is 4.04.